The van der Waals surface area contributed by atoms with E-state index in [0.717, 1.165) is 39.0 Å². The van der Waals surface area contributed by atoms with Crippen LogP contribution in [0.25, 0.3) is 0 Å². The molecule has 1 N–H and O–H groups in total. The summed E-state index contributed by atoms with van der Waals surface area (Å²) in [6.45, 7) is 5.78. The molecule has 1 aromatic carbocycles. The molecule has 1 aromatic rings. The van der Waals surface area contributed by atoms with Gasteiger partial charge in [-0.1, -0.05) is 36.5 Å². The molecule has 1 saturated heterocycles. The molecule has 0 radical (unpaired) electrons. The van der Waals surface area contributed by atoms with Gasteiger partial charge in [-0.3, -0.25) is 4.90 Å². The van der Waals surface area contributed by atoms with Gasteiger partial charge in [-0.25, -0.2) is 4.39 Å². The molecule has 7 heteroatoms. The van der Waals surface area contributed by atoms with Gasteiger partial charge in [0.25, 0.3) is 0 Å². The minimum absolute atomic E-state index is 0. The van der Waals surface area contributed by atoms with Crippen molar-refractivity contribution in [1.82, 2.24) is 10.2 Å². The Balaban J connectivity index is 0.00000200. The molecule has 122 valence electrons. The summed E-state index contributed by atoms with van der Waals surface area (Å²) < 4.78 is 14.2. The van der Waals surface area contributed by atoms with Gasteiger partial charge >= 0.3 is 0 Å². The van der Waals surface area contributed by atoms with Crippen LogP contribution in [0.4, 0.5) is 4.39 Å². The molecule has 0 spiro atoms. The predicted octanol–water partition coefficient (Wildman–Crippen LogP) is 4.72. The minimum atomic E-state index is -0.258. The Morgan fingerprint density at radius 1 is 1.24 bits per heavy atom. The van der Waals surface area contributed by atoms with Crippen LogP contribution >= 0.6 is 48.0 Å². The van der Waals surface area contributed by atoms with Crippen molar-refractivity contribution in [3.05, 3.63) is 33.6 Å². The molecule has 0 aliphatic carbocycles. The van der Waals surface area contributed by atoms with Crippen LogP contribution in [-0.2, 0) is 0 Å². The van der Waals surface area contributed by atoms with Crippen molar-refractivity contribution in [2.24, 2.45) is 0 Å². The highest BCUT2D eigenvalue weighted by Crippen LogP contribution is 2.37. The van der Waals surface area contributed by atoms with E-state index in [1.54, 1.807) is 0 Å². The van der Waals surface area contributed by atoms with Crippen LogP contribution in [0, 0.1) is 5.82 Å². The molecule has 1 atom stereocenters. The van der Waals surface area contributed by atoms with Gasteiger partial charge in [0, 0.05) is 37.8 Å². The van der Waals surface area contributed by atoms with E-state index in [4.69, 9.17) is 23.2 Å². The van der Waals surface area contributed by atoms with Gasteiger partial charge in [0.05, 0.1) is 10.0 Å². The van der Waals surface area contributed by atoms with E-state index in [-0.39, 0.29) is 36.7 Å². The number of rotatable bonds is 4. The van der Waals surface area contributed by atoms with E-state index in [1.807, 2.05) is 0 Å². The molecule has 0 amide bonds. The number of halogens is 5. The van der Waals surface area contributed by atoms with E-state index in [9.17, 15) is 4.39 Å². The first kappa shape index (κ1) is 21.2. The zero-order valence-corrected chi connectivity index (χ0v) is 15.0. The van der Waals surface area contributed by atoms with E-state index in [2.05, 4.69) is 17.1 Å². The van der Waals surface area contributed by atoms with Crippen molar-refractivity contribution in [3.8, 4) is 0 Å². The highest BCUT2D eigenvalue weighted by molar-refractivity contribution is 6.42. The van der Waals surface area contributed by atoms with Crippen LogP contribution in [0.5, 0.6) is 0 Å². The highest BCUT2D eigenvalue weighted by atomic mass is 35.5. The molecule has 0 unspecified atom stereocenters. The van der Waals surface area contributed by atoms with Gasteiger partial charge in [0.2, 0.25) is 0 Å². The van der Waals surface area contributed by atoms with E-state index in [1.165, 1.54) is 12.1 Å². The summed E-state index contributed by atoms with van der Waals surface area (Å²) in [6.07, 6.45) is 1.87. The Bertz CT molecular complexity index is 439. The SMILES string of the molecule is CCC[C@@H](c1c(F)ccc(Cl)c1Cl)N1CCNCC1.Cl.Cl. The number of hydrogen-bond donors (Lipinski definition) is 1. The Morgan fingerprint density at radius 3 is 2.43 bits per heavy atom. The molecule has 0 aromatic heterocycles. The second-order valence-electron chi connectivity index (χ2n) is 4.85. The van der Waals surface area contributed by atoms with Crippen LogP contribution in [0.2, 0.25) is 10.0 Å². The van der Waals surface area contributed by atoms with Gasteiger partial charge in [-0.2, -0.15) is 0 Å². The summed E-state index contributed by atoms with van der Waals surface area (Å²) in [6, 6.07) is 2.94. The third-order valence-corrected chi connectivity index (χ3v) is 4.39. The third kappa shape index (κ3) is 5.12. The number of benzene rings is 1. The van der Waals surface area contributed by atoms with Crippen LogP contribution in [0.3, 0.4) is 0 Å². The van der Waals surface area contributed by atoms with Crippen LogP contribution < -0.4 is 5.32 Å². The van der Waals surface area contributed by atoms with Crippen LogP contribution in [0.1, 0.15) is 31.4 Å². The number of piperazine rings is 1. The Hall–Kier alpha value is 0.230. The first-order chi connectivity index (χ1) is 9.15. The number of nitrogens with zero attached hydrogens (tertiary/aromatic N) is 1. The lowest BCUT2D eigenvalue weighted by Crippen LogP contribution is -2.45. The van der Waals surface area contributed by atoms with Crippen molar-refractivity contribution in [3.63, 3.8) is 0 Å². The van der Waals surface area contributed by atoms with E-state index >= 15 is 0 Å². The van der Waals surface area contributed by atoms with Crippen molar-refractivity contribution in [2.45, 2.75) is 25.8 Å². The van der Waals surface area contributed by atoms with Gasteiger partial charge in [-0.05, 0) is 18.6 Å². The molecule has 1 fully saturated rings. The van der Waals surface area contributed by atoms with Crippen molar-refractivity contribution in [2.75, 3.05) is 26.2 Å². The zero-order chi connectivity index (χ0) is 13.8. The van der Waals surface area contributed by atoms with E-state index < -0.39 is 0 Å². The average Bonchev–Trinajstić information content (AvgIpc) is 2.43. The smallest absolute Gasteiger partial charge is 0.129 e. The fourth-order valence-electron chi connectivity index (χ4n) is 2.62. The summed E-state index contributed by atoms with van der Waals surface area (Å²) in [5.41, 5.74) is 0.554. The lowest BCUT2D eigenvalue weighted by Gasteiger charge is -2.35. The monoisotopic (exact) mass is 376 g/mol. The highest BCUT2D eigenvalue weighted by Gasteiger charge is 2.26. The molecule has 2 nitrogen and oxygen atoms in total. The second-order valence-corrected chi connectivity index (χ2v) is 5.63. The summed E-state index contributed by atoms with van der Waals surface area (Å²) >= 11 is 12.3. The minimum Gasteiger partial charge on any atom is -0.314 e. The third-order valence-electron chi connectivity index (χ3n) is 3.57. The maximum atomic E-state index is 14.2. The fourth-order valence-corrected chi connectivity index (χ4v) is 3.07. The average molecular weight is 378 g/mol. The second kappa shape index (κ2) is 10.1. The lowest BCUT2D eigenvalue weighted by atomic mass is 9.99. The number of hydrogen-bond acceptors (Lipinski definition) is 2. The fraction of sp³-hybridized carbons (Fsp3) is 0.571. The van der Waals surface area contributed by atoms with Crippen LogP contribution in [-0.4, -0.2) is 31.1 Å². The van der Waals surface area contributed by atoms with Gasteiger partial charge < -0.3 is 5.32 Å². The summed E-state index contributed by atoms with van der Waals surface area (Å²) in [5.74, 6) is -0.258. The largest absolute Gasteiger partial charge is 0.314 e. The standard InChI is InChI=1S/C14H19Cl2FN2.2ClH/c1-2-3-12(19-8-6-18-7-9-19)13-11(17)5-4-10(15)14(13)16;;/h4-5,12,18H,2-3,6-9H2,1H3;2*1H/t12-;;/m0../s1. The molecule has 1 heterocycles. The van der Waals surface area contributed by atoms with Crippen molar-refractivity contribution in [1.29, 1.82) is 0 Å². The van der Waals surface area contributed by atoms with Crippen molar-refractivity contribution < 1.29 is 4.39 Å². The summed E-state index contributed by atoms with van der Waals surface area (Å²) in [7, 11) is 0. The topological polar surface area (TPSA) is 15.3 Å². The first-order valence-corrected chi connectivity index (χ1v) is 7.49. The molecule has 0 bridgehead atoms. The van der Waals surface area contributed by atoms with E-state index in [0.29, 0.717) is 15.6 Å². The van der Waals surface area contributed by atoms with Gasteiger partial charge in [-0.15, -0.1) is 24.8 Å². The summed E-state index contributed by atoms with van der Waals surface area (Å²) in [5, 5.41) is 4.09. The van der Waals surface area contributed by atoms with Gasteiger partial charge in [0.15, 0.2) is 0 Å². The molecule has 2 rings (SSSR count). The normalized spacial score (nSPS) is 16.8. The Morgan fingerprint density at radius 2 is 1.86 bits per heavy atom. The summed E-state index contributed by atoms with van der Waals surface area (Å²) in [4.78, 5) is 2.29. The molecule has 1 aliphatic heterocycles. The first-order valence-electron chi connectivity index (χ1n) is 6.73. The molecule has 0 saturated carbocycles. The lowest BCUT2D eigenvalue weighted by molar-refractivity contribution is 0.161. The zero-order valence-electron chi connectivity index (χ0n) is 11.9. The maximum absolute atomic E-state index is 14.2. The Kier molecular flexibility index (Phi) is 10.2. The Labute approximate surface area is 148 Å². The van der Waals surface area contributed by atoms with Gasteiger partial charge in [0.1, 0.15) is 5.82 Å². The maximum Gasteiger partial charge on any atom is 0.129 e. The van der Waals surface area contributed by atoms with Crippen LogP contribution in [0.15, 0.2) is 12.1 Å². The number of nitrogens with one attached hydrogen (secondary N) is 1. The molecular weight excluding hydrogens is 357 g/mol. The molecule has 21 heavy (non-hydrogen) atoms. The molecule has 1 aliphatic rings. The van der Waals surface area contributed by atoms with Crippen molar-refractivity contribution >= 4 is 48.0 Å². The quantitative estimate of drug-likeness (QED) is 0.763. The molecular formula is C14H21Cl4FN2. The predicted molar refractivity (Wildman–Crippen MR) is 93.0 cm³/mol.